The molecule has 1 saturated heterocycles. The summed E-state index contributed by atoms with van der Waals surface area (Å²) in [5.41, 5.74) is 1.10. The lowest BCUT2D eigenvalue weighted by Crippen LogP contribution is -2.55. The molecule has 0 spiro atoms. The third-order valence-electron chi connectivity index (χ3n) is 4.84. The van der Waals surface area contributed by atoms with Crippen LogP contribution >= 0.6 is 0 Å². The Morgan fingerprint density at radius 3 is 2.68 bits per heavy atom. The highest BCUT2D eigenvalue weighted by Gasteiger charge is 2.39. The molecule has 25 heavy (non-hydrogen) atoms. The SMILES string of the molecule is N#CC1CN(C(=O)c2cncn2-c2ccc(F)cc2)CCN1C1CC1. The van der Waals surface area contributed by atoms with Crippen LogP contribution < -0.4 is 0 Å². The zero-order chi connectivity index (χ0) is 17.4. The van der Waals surface area contributed by atoms with Crippen LogP contribution in [0.25, 0.3) is 5.69 Å². The molecule has 2 heterocycles. The number of hydrogen-bond acceptors (Lipinski definition) is 4. The van der Waals surface area contributed by atoms with Gasteiger partial charge in [0.05, 0.1) is 25.1 Å². The smallest absolute Gasteiger partial charge is 0.272 e. The zero-order valence-electron chi connectivity index (χ0n) is 13.7. The average Bonchev–Trinajstić information content (AvgIpc) is 3.37. The molecule has 1 aromatic heterocycles. The van der Waals surface area contributed by atoms with Gasteiger partial charge in [0.15, 0.2) is 0 Å². The quantitative estimate of drug-likeness (QED) is 0.856. The van der Waals surface area contributed by atoms with E-state index in [0.717, 1.165) is 19.4 Å². The number of nitriles is 1. The van der Waals surface area contributed by atoms with Gasteiger partial charge in [-0.05, 0) is 37.1 Å². The molecule has 1 aromatic carbocycles. The van der Waals surface area contributed by atoms with Gasteiger partial charge in [-0.15, -0.1) is 0 Å². The van der Waals surface area contributed by atoms with Gasteiger partial charge in [-0.25, -0.2) is 9.37 Å². The molecule has 7 heteroatoms. The topological polar surface area (TPSA) is 65.2 Å². The molecular formula is C18H18FN5O. The van der Waals surface area contributed by atoms with Gasteiger partial charge in [0.25, 0.3) is 5.91 Å². The van der Waals surface area contributed by atoms with E-state index < -0.39 is 0 Å². The van der Waals surface area contributed by atoms with E-state index in [4.69, 9.17) is 0 Å². The summed E-state index contributed by atoms with van der Waals surface area (Å²) in [5, 5.41) is 9.44. The molecule has 1 aliphatic heterocycles. The number of aromatic nitrogens is 2. The first kappa shape index (κ1) is 15.8. The Balaban J connectivity index is 1.55. The van der Waals surface area contributed by atoms with E-state index in [1.807, 2.05) is 0 Å². The lowest BCUT2D eigenvalue weighted by Gasteiger charge is -2.38. The number of benzene rings is 1. The molecule has 1 amide bonds. The van der Waals surface area contributed by atoms with Crippen molar-refractivity contribution in [2.45, 2.75) is 24.9 Å². The number of hydrogen-bond donors (Lipinski definition) is 0. The normalized spacial score (nSPS) is 21.1. The molecule has 1 aliphatic carbocycles. The van der Waals surface area contributed by atoms with Gasteiger partial charge < -0.3 is 4.90 Å². The lowest BCUT2D eigenvalue weighted by atomic mass is 10.1. The summed E-state index contributed by atoms with van der Waals surface area (Å²) in [6.07, 6.45) is 5.34. The maximum Gasteiger partial charge on any atom is 0.272 e. The molecule has 1 saturated carbocycles. The monoisotopic (exact) mass is 339 g/mol. The Morgan fingerprint density at radius 1 is 1.24 bits per heavy atom. The molecule has 0 radical (unpaired) electrons. The van der Waals surface area contributed by atoms with E-state index in [1.165, 1.54) is 18.3 Å². The van der Waals surface area contributed by atoms with Crippen LogP contribution in [0.15, 0.2) is 36.8 Å². The lowest BCUT2D eigenvalue weighted by molar-refractivity contribution is 0.0543. The summed E-state index contributed by atoms with van der Waals surface area (Å²) in [4.78, 5) is 20.9. The van der Waals surface area contributed by atoms with Gasteiger partial charge in [-0.1, -0.05) is 0 Å². The van der Waals surface area contributed by atoms with E-state index in [1.54, 1.807) is 27.9 Å². The van der Waals surface area contributed by atoms with Crippen molar-refractivity contribution in [1.29, 1.82) is 5.26 Å². The second-order valence-electron chi connectivity index (χ2n) is 6.49. The fourth-order valence-electron chi connectivity index (χ4n) is 3.36. The Labute approximate surface area is 145 Å². The van der Waals surface area contributed by atoms with Crippen LogP contribution in [0.2, 0.25) is 0 Å². The molecule has 0 bridgehead atoms. The van der Waals surface area contributed by atoms with Gasteiger partial charge in [0.2, 0.25) is 0 Å². The van der Waals surface area contributed by atoms with Crippen molar-refractivity contribution in [1.82, 2.24) is 19.4 Å². The van der Waals surface area contributed by atoms with Gasteiger partial charge >= 0.3 is 0 Å². The summed E-state index contributed by atoms with van der Waals surface area (Å²) in [6.45, 7) is 1.72. The van der Waals surface area contributed by atoms with Gasteiger partial charge in [-0.2, -0.15) is 5.26 Å². The van der Waals surface area contributed by atoms with Crippen LogP contribution in [-0.2, 0) is 0 Å². The number of halogens is 1. The summed E-state index contributed by atoms with van der Waals surface area (Å²) < 4.78 is 14.8. The number of carbonyl (C=O) groups is 1. The zero-order valence-corrected chi connectivity index (χ0v) is 13.7. The van der Waals surface area contributed by atoms with Crippen molar-refractivity contribution in [2.75, 3.05) is 19.6 Å². The van der Waals surface area contributed by atoms with Crippen LogP contribution in [0.3, 0.4) is 0 Å². The van der Waals surface area contributed by atoms with Crippen LogP contribution in [0.4, 0.5) is 4.39 Å². The van der Waals surface area contributed by atoms with Crippen LogP contribution in [0, 0.1) is 17.1 Å². The van der Waals surface area contributed by atoms with E-state index in [2.05, 4.69) is 16.0 Å². The van der Waals surface area contributed by atoms with Gasteiger partial charge in [-0.3, -0.25) is 14.3 Å². The first-order chi connectivity index (χ1) is 12.2. The Hall–Kier alpha value is -2.72. The Bertz CT molecular complexity index is 821. The largest absolute Gasteiger partial charge is 0.333 e. The third kappa shape index (κ3) is 3.01. The second-order valence-corrected chi connectivity index (χ2v) is 6.49. The fourth-order valence-corrected chi connectivity index (χ4v) is 3.36. The van der Waals surface area contributed by atoms with E-state index in [-0.39, 0.29) is 17.8 Å². The van der Waals surface area contributed by atoms with Crippen molar-refractivity contribution in [3.63, 3.8) is 0 Å². The van der Waals surface area contributed by atoms with Crippen molar-refractivity contribution < 1.29 is 9.18 Å². The van der Waals surface area contributed by atoms with Crippen LogP contribution in [0.1, 0.15) is 23.3 Å². The fraction of sp³-hybridized carbons (Fsp3) is 0.389. The molecule has 128 valence electrons. The van der Waals surface area contributed by atoms with E-state index >= 15 is 0 Å². The molecule has 2 aliphatic rings. The summed E-state index contributed by atoms with van der Waals surface area (Å²) in [6, 6.07) is 8.49. The average molecular weight is 339 g/mol. The Kier molecular flexibility index (Phi) is 3.98. The Morgan fingerprint density at radius 2 is 2.00 bits per heavy atom. The molecule has 1 atom stereocenters. The molecule has 6 nitrogen and oxygen atoms in total. The van der Waals surface area contributed by atoms with Crippen LogP contribution in [0.5, 0.6) is 0 Å². The minimum atomic E-state index is -0.329. The summed E-state index contributed by atoms with van der Waals surface area (Å²) in [7, 11) is 0. The molecule has 2 fully saturated rings. The first-order valence-corrected chi connectivity index (χ1v) is 8.40. The first-order valence-electron chi connectivity index (χ1n) is 8.40. The van der Waals surface area contributed by atoms with Crippen LogP contribution in [-0.4, -0.2) is 57.0 Å². The summed E-state index contributed by atoms with van der Waals surface area (Å²) >= 11 is 0. The minimum Gasteiger partial charge on any atom is -0.333 e. The predicted octanol–water partition coefficient (Wildman–Crippen LogP) is 1.82. The maximum absolute atomic E-state index is 13.1. The molecular weight excluding hydrogens is 321 g/mol. The van der Waals surface area contributed by atoms with Crippen molar-refractivity contribution >= 4 is 5.91 Å². The van der Waals surface area contributed by atoms with Gasteiger partial charge in [0.1, 0.15) is 17.6 Å². The highest BCUT2D eigenvalue weighted by Crippen LogP contribution is 2.30. The number of carbonyl (C=O) groups excluding carboxylic acids is 1. The standard InChI is InChI=1S/C18H18FN5O/c19-13-1-3-15(4-2-13)24-12-21-10-17(24)18(25)22-7-8-23(14-5-6-14)16(9-20)11-22/h1-4,10,12,14,16H,5-8,11H2. The highest BCUT2D eigenvalue weighted by molar-refractivity contribution is 5.93. The van der Waals surface area contributed by atoms with E-state index in [0.29, 0.717) is 30.5 Å². The molecule has 0 N–H and O–H groups in total. The maximum atomic E-state index is 13.1. The minimum absolute atomic E-state index is 0.155. The predicted molar refractivity (Wildman–Crippen MR) is 88.6 cm³/mol. The second kappa shape index (κ2) is 6.30. The molecule has 4 rings (SSSR count). The van der Waals surface area contributed by atoms with Gasteiger partial charge in [0, 0.05) is 24.8 Å². The van der Waals surface area contributed by atoms with E-state index in [9.17, 15) is 14.4 Å². The molecule has 1 unspecified atom stereocenters. The molecule has 2 aromatic rings. The number of imidazole rings is 1. The van der Waals surface area contributed by atoms with Crippen molar-refractivity contribution in [3.05, 3.63) is 48.3 Å². The summed E-state index contributed by atoms with van der Waals surface area (Å²) in [5.74, 6) is -0.484. The third-order valence-corrected chi connectivity index (χ3v) is 4.84. The van der Waals surface area contributed by atoms with Crippen molar-refractivity contribution in [2.24, 2.45) is 0 Å². The number of piperazine rings is 1. The number of amides is 1. The number of rotatable bonds is 3. The number of nitrogens with zero attached hydrogens (tertiary/aromatic N) is 5. The highest BCUT2D eigenvalue weighted by atomic mass is 19.1. The van der Waals surface area contributed by atoms with Crippen molar-refractivity contribution in [3.8, 4) is 11.8 Å².